The first-order valence-electron chi connectivity index (χ1n) is 7.26. The summed E-state index contributed by atoms with van der Waals surface area (Å²) in [4.78, 5) is 11.5. The van der Waals surface area contributed by atoms with Gasteiger partial charge in [0.1, 0.15) is 6.10 Å². The van der Waals surface area contributed by atoms with E-state index in [-0.39, 0.29) is 12.2 Å². The molecule has 0 aromatic heterocycles. The van der Waals surface area contributed by atoms with Crippen molar-refractivity contribution >= 4 is 12.0 Å². The van der Waals surface area contributed by atoms with Gasteiger partial charge in [0.15, 0.2) is 0 Å². The van der Waals surface area contributed by atoms with E-state index >= 15 is 0 Å². The predicted octanol–water partition coefficient (Wildman–Crippen LogP) is 2.61. The van der Waals surface area contributed by atoms with Crippen LogP contribution in [0.5, 0.6) is 0 Å². The molecule has 0 amide bonds. The van der Waals surface area contributed by atoms with Crippen molar-refractivity contribution in [3.63, 3.8) is 0 Å². The zero-order valence-electron chi connectivity index (χ0n) is 12.7. The smallest absolute Gasteiger partial charge is 0.330 e. The normalized spacial score (nSPS) is 18.0. The van der Waals surface area contributed by atoms with Crippen molar-refractivity contribution in [3.8, 4) is 6.07 Å². The first-order chi connectivity index (χ1) is 10.6. The first-order valence-corrected chi connectivity index (χ1v) is 7.26. The molecule has 2 atom stereocenters. The Morgan fingerprint density at radius 1 is 1.59 bits per heavy atom. The van der Waals surface area contributed by atoms with E-state index in [9.17, 15) is 4.79 Å². The van der Waals surface area contributed by atoms with Crippen molar-refractivity contribution in [2.45, 2.75) is 26.1 Å². The van der Waals surface area contributed by atoms with Crippen molar-refractivity contribution in [1.29, 1.82) is 5.26 Å². The standard InChI is InChI=1S/C17H19NO4/c1-3-20-17(19)7-5-14-8-13(9-18)4-6-16(14)12(2)21-10-15-11-22-15/h4-8,12,15H,3,10-11H2,1-2H3/b7-5+/t12-,15+/m1/s1. The molecule has 1 aromatic carbocycles. The molecule has 5 heteroatoms. The number of nitrogens with zero attached hydrogens (tertiary/aromatic N) is 1. The lowest BCUT2D eigenvalue weighted by molar-refractivity contribution is -0.137. The van der Waals surface area contributed by atoms with Gasteiger partial charge in [-0.05, 0) is 43.2 Å². The van der Waals surface area contributed by atoms with Crippen LogP contribution in [0.15, 0.2) is 24.3 Å². The van der Waals surface area contributed by atoms with E-state index in [1.807, 2.05) is 13.0 Å². The van der Waals surface area contributed by atoms with Crippen LogP contribution in [0, 0.1) is 11.3 Å². The Kier molecular flexibility index (Phi) is 5.70. The van der Waals surface area contributed by atoms with Crippen molar-refractivity contribution < 1.29 is 19.0 Å². The zero-order chi connectivity index (χ0) is 15.9. The van der Waals surface area contributed by atoms with Gasteiger partial charge in [-0.3, -0.25) is 0 Å². The van der Waals surface area contributed by atoms with Gasteiger partial charge in [0.2, 0.25) is 0 Å². The van der Waals surface area contributed by atoms with E-state index in [4.69, 9.17) is 19.5 Å². The van der Waals surface area contributed by atoms with Crippen LogP contribution in [0.25, 0.3) is 6.08 Å². The average Bonchev–Trinajstić information content (AvgIpc) is 3.35. The number of epoxide rings is 1. The largest absolute Gasteiger partial charge is 0.463 e. The summed E-state index contributed by atoms with van der Waals surface area (Å²) in [6, 6.07) is 7.42. The second kappa shape index (κ2) is 7.74. The number of ether oxygens (including phenoxy) is 3. The maximum absolute atomic E-state index is 11.5. The second-order valence-corrected chi connectivity index (χ2v) is 4.97. The molecular formula is C17H19NO4. The molecule has 0 bridgehead atoms. The van der Waals surface area contributed by atoms with Crippen LogP contribution < -0.4 is 0 Å². The van der Waals surface area contributed by atoms with Gasteiger partial charge in [-0.25, -0.2) is 4.79 Å². The molecule has 1 saturated heterocycles. The van der Waals surface area contributed by atoms with Crippen LogP contribution >= 0.6 is 0 Å². The molecule has 0 radical (unpaired) electrons. The van der Waals surface area contributed by atoms with E-state index in [0.717, 1.165) is 17.7 Å². The molecule has 1 heterocycles. The van der Waals surface area contributed by atoms with Crippen LogP contribution in [0.1, 0.15) is 36.6 Å². The minimum absolute atomic E-state index is 0.154. The third kappa shape index (κ3) is 4.69. The molecule has 1 aromatic rings. The summed E-state index contributed by atoms with van der Waals surface area (Å²) in [5.41, 5.74) is 2.22. The van der Waals surface area contributed by atoms with E-state index in [0.29, 0.717) is 18.8 Å². The van der Waals surface area contributed by atoms with E-state index < -0.39 is 5.97 Å². The molecule has 0 saturated carbocycles. The number of carbonyl (C=O) groups is 1. The van der Waals surface area contributed by atoms with E-state index in [1.165, 1.54) is 6.08 Å². The van der Waals surface area contributed by atoms with Crippen LogP contribution in [-0.4, -0.2) is 31.9 Å². The summed E-state index contributed by atoms with van der Waals surface area (Å²) in [5.74, 6) is -0.407. The molecule has 0 N–H and O–H groups in total. The van der Waals surface area contributed by atoms with Crippen LogP contribution in [0.4, 0.5) is 0 Å². The number of benzene rings is 1. The Morgan fingerprint density at radius 2 is 2.36 bits per heavy atom. The summed E-state index contributed by atoms with van der Waals surface area (Å²) < 4.78 is 15.8. The highest BCUT2D eigenvalue weighted by Gasteiger charge is 2.24. The Balaban J connectivity index is 2.16. The lowest BCUT2D eigenvalue weighted by atomic mass is 10.00. The molecule has 5 nitrogen and oxygen atoms in total. The number of hydrogen-bond acceptors (Lipinski definition) is 5. The van der Waals surface area contributed by atoms with Crippen molar-refractivity contribution in [2.75, 3.05) is 19.8 Å². The number of nitriles is 1. The molecule has 0 spiro atoms. The Bertz CT molecular complexity index is 599. The fourth-order valence-electron chi connectivity index (χ4n) is 2.01. The molecule has 0 unspecified atom stereocenters. The fraction of sp³-hybridized carbons (Fsp3) is 0.412. The van der Waals surface area contributed by atoms with E-state index in [2.05, 4.69) is 6.07 Å². The van der Waals surface area contributed by atoms with Gasteiger partial charge in [-0.1, -0.05) is 6.07 Å². The maximum atomic E-state index is 11.5. The average molecular weight is 301 g/mol. The lowest BCUT2D eigenvalue weighted by Gasteiger charge is -2.15. The van der Waals surface area contributed by atoms with Crippen LogP contribution in [0.2, 0.25) is 0 Å². The van der Waals surface area contributed by atoms with Gasteiger partial charge < -0.3 is 14.2 Å². The van der Waals surface area contributed by atoms with Gasteiger partial charge in [0.05, 0.1) is 37.6 Å². The van der Waals surface area contributed by atoms with E-state index in [1.54, 1.807) is 25.1 Å². The Labute approximate surface area is 130 Å². The highest BCUT2D eigenvalue weighted by atomic mass is 16.6. The number of esters is 1. The molecule has 1 fully saturated rings. The van der Waals surface area contributed by atoms with Gasteiger partial charge in [0.25, 0.3) is 0 Å². The van der Waals surface area contributed by atoms with Crippen LogP contribution in [-0.2, 0) is 19.0 Å². The summed E-state index contributed by atoms with van der Waals surface area (Å²) in [6.45, 7) is 5.31. The summed E-state index contributed by atoms with van der Waals surface area (Å²) in [6.07, 6.45) is 3.06. The van der Waals surface area contributed by atoms with Gasteiger partial charge in [-0.15, -0.1) is 0 Å². The SMILES string of the molecule is CCOC(=O)/C=C/c1cc(C#N)ccc1[C@@H](C)OC[C@H]1CO1. The Morgan fingerprint density at radius 3 is 3.00 bits per heavy atom. The lowest BCUT2D eigenvalue weighted by Crippen LogP contribution is -2.07. The number of hydrogen-bond donors (Lipinski definition) is 0. The third-order valence-electron chi connectivity index (χ3n) is 3.27. The first kappa shape index (κ1) is 16.2. The molecule has 2 rings (SSSR count). The maximum Gasteiger partial charge on any atom is 0.330 e. The van der Waals surface area contributed by atoms with Crippen molar-refractivity contribution in [3.05, 3.63) is 41.0 Å². The van der Waals surface area contributed by atoms with Gasteiger partial charge >= 0.3 is 5.97 Å². The highest BCUT2D eigenvalue weighted by Crippen LogP contribution is 2.25. The van der Waals surface area contributed by atoms with Crippen molar-refractivity contribution in [2.24, 2.45) is 0 Å². The van der Waals surface area contributed by atoms with Gasteiger partial charge in [-0.2, -0.15) is 5.26 Å². The van der Waals surface area contributed by atoms with Gasteiger partial charge in [0, 0.05) is 6.08 Å². The second-order valence-electron chi connectivity index (χ2n) is 4.97. The molecule has 0 aliphatic carbocycles. The van der Waals surface area contributed by atoms with Crippen LogP contribution in [0.3, 0.4) is 0 Å². The monoisotopic (exact) mass is 301 g/mol. The highest BCUT2D eigenvalue weighted by molar-refractivity contribution is 5.87. The molecular weight excluding hydrogens is 282 g/mol. The topological polar surface area (TPSA) is 71.9 Å². The quantitative estimate of drug-likeness (QED) is 0.440. The minimum atomic E-state index is -0.407. The summed E-state index contributed by atoms with van der Waals surface area (Å²) >= 11 is 0. The fourth-order valence-corrected chi connectivity index (χ4v) is 2.01. The zero-order valence-corrected chi connectivity index (χ0v) is 12.7. The molecule has 1 aliphatic heterocycles. The third-order valence-corrected chi connectivity index (χ3v) is 3.27. The van der Waals surface area contributed by atoms with Crippen molar-refractivity contribution in [1.82, 2.24) is 0 Å². The predicted molar refractivity (Wildman–Crippen MR) is 80.9 cm³/mol. The summed E-state index contributed by atoms with van der Waals surface area (Å²) in [7, 11) is 0. The number of carbonyl (C=O) groups excluding carboxylic acids is 1. The molecule has 22 heavy (non-hydrogen) atoms. The minimum Gasteiger partial charge on any atom is -0.463 e. The summed E-state index contributed by atoms with van der Waals surface area (Å²) in [5, 5.41) is 9.02. The molecule has 1 aliphatic rings. The Hall–Kier alpha value is -2.16. The molecule has 116 valence electrons. The number of rotatable bonds is 7.